The minimum absolute atomic E-state index is 0.152. The summed E-state index contributed by atoms with van der Waals surface area (Å²) in [6.45, 7) is 0.577. The van der Waals surface area contributed by atoms with Gasteiger partial charge in [0.1, 0.15) is 5.75 Å². The molecule has 1 saturated carbocycles. The summed E-state index contributed by atoms with van der Waals surface area (Å²) in [6, 6.07) is 13.0. The molecular weight excluding hydrogens is 372 g/mol. The van der Waals surface area contributed by atoms with Gasteiger partial charge in [-0.15, -0.1) is 0 Å². The molecule has 2 aromatic rings. The number of fused-ring (bicyclic) bond motifs is 1. The molecule has 1 heterocycles. The second-order valence-electron chi connectivity index (χ2n) is 7.42. The Bertz CT molecular complexity index is 904. The van der Waals surface area contributed by atoms with Gasteiger partial charge < -0.3 is 24.8 Å². The van der Waals surface area contributed by atoms with Crippen LogP contribution in [-0.2, 0) is 15.0 Å². The minimum atomic E-state index is -0.702. The summed E-state index contributed by atoms with van der Waals surface area (Å²) in [5.41, 5.74) is 1.49. The fraction of sp³-hybridized carbons (Fsp3) is 0.364. The van der Waals surface area contributed by atoms with Crippen molar-refractivity contribution in [1.29, 1.82) is 0 Å². The van der Waals surface area contributed by atoms with E-state index in [9.17, 15) is 9.59 Å². The fourth-order valence-corrected chi connectivity index (χ4v) is 4.06. The molecule has 0 bridgehead atoms. The van der Waals surface area contributed by atoms with Gasteiger partial charge in [-0.2, -0.15) is 0 Å². The van der Waals surface area contributed by atoms with Crippen LogP contribution in [0, 0.1) is 0 Å². The van der Waals surface area contributed by atoms with Gasteiger partial charge >= 0.3 is 11.8 Å². The molecule has 152 valence electrons. The van der Waals surface area contributed by atoms with Gasteiger partial charge in [-0.3, -0.25) is 9.59 Å². The molecule has 7 heteroatoms. The Morgan fingerprint density at radius 3 is 2.45 bits per heavy atom. The second-order valence-corrected chi connectivity index (χ2v) is 7.42. The number of anilines is 1. The van der Waals surface area contributed by atoms with Gasteiger partial charge in [-0.25, -0.2) is 0 Å². The van der Waals surface area contributed by atoms with E-state index < -0.39 is 11.8 Å². The van der Waals surface area contributed by atoms with E-state index in [0.29, 0.717) is 23.7 Å². The van der Waals surface area contributed by atoms with Gasteiger partial charge in [0.25, 0.3) is 0 Å². The third-order valence-corrected chi connectivity index (χ3v) is 5.69. The van der Waals surface area contributed by atoms with E-state index in [-0.39, 0.29) is 12.2 Å². The van der Waals surface area contributed by atoms with Crippen LogP contribution in [0.1, 0.15) is 31.2 Å². The molecule has 0 unspecified atom stereocenters. The monoisotopic (exact) mass is 396 g/mol. The lowest BCUT2D eigenvalue weighted by atomic mass is 9.78. The van der Waals surface area contributed by atoms with Crippen molar-refractivity contribution in [3.63, 3.8) is 0 Å². The Morgan fingerprint density at radius 2 is 1.72 bits per heavy atom. The first-order valence-corrected chi connectivity index (χ1v) is 9.73. The minimum Gasteiger partial charge on any atom is -0.497 e. The Morgan fingerprint density at radius 1 is 1.00 bits per heavy atom. The predicted octanol–water partition coefficient (Wildman–Crippen LogP) is 2.99. The summed E-state index contributed by atoms with van der Waals surface area (Å²) in [7, 11) is 1.64. The summed E-state index contributed by atoms with van der Waals surface area (Å²) in [6.07, 6.45) is 4.16. The Kier molecular flexibility index (Phi) is 5.29. The van der Waals surface area contributed by atoms with E-state index in [2.05, 4.69) is 10.6 Å². The summed E-state index contributed by atoms with van der Waals surface area (Å²) >= 11 is 0. The van der Waals surface area contributed by atoms with Crippen LogP contribution in [0.25, 0.3) is 0 Å². The lowest BCUT2D eigenvalue weighted by Gasteiger charge is -2.30. The van der Waals surface area contributed by atoms with Crippen LogP contribution in [0.2, 0.25) is 0 Å². The van der Waals surface area contributed by atoms with Crippen molar-refractivity contribution >= 4 is 17.5 Å². The Balaban J connectivity index is 1.39. The van der Waals surface area contributed by atoms with E-state index in [0.717, 1.165) is 37.0 Å². The molecule has 0 radical (unpaired) electrons. The zero-order chi connectivity index (χ0) is 20.3. The lowest BCUT2D eigenvalue weighted by molar-refractivity contribution is -0.136. The Hall–Kier alpha value is -3.22. The third kappa shape index (κ3) is 3.99. The standard InChI is InChI=1S/C22H24N2O5/c1-27-17-7-4-15(5-8-17)22(10-2-3-11-22)13-23-20(25)21(26)24-16-6-9-18-19(12-16)29-14-28-18/h4-9,12H,2-3,10-11,13-14H2,1H3,(H,23,25)(H,24,26). The second kappa shape index (κ2) is 8.03. The molecule has 2 amide bonds. The number of hydrogen-bond acceptors (Lipinski definition) is 5. The van der Waals surface area contributed by atoms with Crippen molar-refractivity contribution in [1.82, 2.24) is 5.32 Å². The van der Waals surface area contributed by atoms with Crippen molar-refractivity contribution in [2.75, 3.05) is 25.8 Å². The first-order chi connectivity index (χ1) is 14.1. The van der Waals surface area contributed by atoms with Crippen LogP contribution < -0.4 is 24.8 Å². The summed E-state index contributed by atoms with van der Waals surface area (Å²) in [5.74, 6) is 0.617. The van der Waals surface area contributed by atoms with E-state index >= 15 is 0 Å². The van der Waals surface area contributed by atoms with Gasteiger partial charge in [0.15, 0.2) is 11.5 Å². The van der Waals surface area contributed by atoms with Crippen LogP contribution in [0.5, 0.6) is 17.2 Å². The molecule has 4 rings (SSSR count). The van der Waals surface area contributed by atoms with Gasteiger partial charge in [0.2, 0.25) is 6.79 Å². The number of carbonyl (C=O) groups is 2. The molecule has 0 aromatic heterocycles. The van der Waals surface area contributed by atoms with E-state index in [1.165, 1.54) is 0 Å². The van der Waals surface area contributed by atoms with Crippen molar-refractivity contribution < 1.29 is 23.8 Å². The van der Waals surface area contributed by atoms with Gasteiger partial charge in [-0.05, 0) is 42.7 Å². The van der Waals surface area contributed by atoms with E-state index in [4.69, 9.17) is 14.2 Å². The molecule has 2 N–H and O–H groups in total. The van der Waals surface area contributed by atoms with Crippen molar-refractivity contribution in [3.8, 4) is 17.2 Å². The SMILES string of the molecule is COc1ccc(C2(CNC(=O)C(=O)Nc3ccc4c(c3)OCO4)CCCC2)cc1. The number of amides is 2. The highest BCUT2D eigenvalue weighted by atomic mass is 16.7. The number of hydrogen-bond donors (Lipinski definition) is 2. The molecule has 0 spiro atoms. The van der Waals surface area contributed by atoms with Gasteiger partial charge in [0.05, 0.1) is 7.11 Å². The largest absolute Gasteiger partial charge is 0.497 e. The summed E-state index contributed by atoms with van der Waals surface area (Å²) in [5, 5.41) is 5.44. The maximum absolute atomic E-state index is 12.4. The fourth-order valence-electron chi connectivity index (χ4n) is 4.06. The van der Waals surface area contributed by atoms with Crippen LogP contribution >= 0.6 is 0 Å². The number of nitrogens with one attached hydrogen (secondary N) is 2. The van der Waals surface area contributed by atoms with E-state index in [1.807, 2.05) is 24.3 Å². The third-order valence-electron chi connectivity index (χ3n) is 5.69. The van der Waals surface area contributed by atoms with Crippen molar-refractivity contribution in [2.45, 2.75) is 31.1 Å². The first-order valence-electron chi connectivity index (χ1n) is 9.73. The topological polar surface area (TPSA) is 85.9 Å². The van der Waals surface area contributed by atoms with E-state index in [1.54, 1.807) is 25.3 Å². The molecule has 29 heavy (non-hydrogen) atoms. The van der Waals surface area contributed by atoms with Crippen LogP contribution in [-0.4, -0.2) is 32.3 Å². The number of ether oxygens (including phenoxy) is 3. The number of benzene rings is 2. The number of rotatable bonds is 5. The Labute approximate surface area is 169 Å². The molecule has 0 atom stereocenters. The first kappa shape index (κ1) is 19.1. The average Bonchev–Trinajstić information content (AvgIpc) is 3.42. The van der Waals surface area contributed by atoms with Gasteiger partial charge in [0, 0.05) is 23.7 Å². The van der Waals surface area contributed by atoms with Crippen LogP contribution in [0.4, 0.5) is 5.69 Å². The molecule has 2 aliphatic rings. The summed E-state index contributed by atoms with van der Waals surface area (Å²) in [4.78, 5) is 24.7. The molecule has 7 nitrogen and oxygen atoms in total. The van der Waals surface area contributed by atoms with Crippen LogP contribution in [0.15, 0.2) is 42.5 Å². The molecule has 2 aromatic carbocycles. The maximum Gasteiger partial charge on any atom is 0.313 e. The quantitative estimate of drug-likeness (QED) is 0.759. The molecule has 0 saturated heterocycles. The summed E-state index contributed by atoms with van der Waals surface area (Å²) < 4.78 is 15.8. The number of methoxy groups -OCH3 is 1. The van der Waals surface area contributed by atoms with Crippen molar-refractivity contribution in [2.24, 2.45) is 0 Å². The molecular formula is C22H24N2O5. The highest BCUT2D eigenvalue weighted by molar-refractivity contribution is 6.39. The van der Waals surface area contributed by atoms with Crippen LogP contribution in [0.3, 0.4) is 0 Å². The average molecular weight is 396 g/mol. The smallest absolute Gasteiger partial charge is 0.313 e. The van der Waals surface area contributed by atoms with Gasteiger partial charge in [-0.1, -0.05) is 25.0 Å². The highest BCUT2D eigenvalue weighted by Gasteiger charge is 2.36. The number of carbonyl (C=O) groups excluding carboxylic acids is 2. The highest BCUT2D eigenvalue weighted by Crippen LogP contribution is 2.41. The predicted molar refractivity (Wildman–Crippen MR) is 107 cm³/mol. The molecule has 1 aliphatic carbocycles. The lowest BCUT2D eigenvalue weighted by Crippen LogP contribution is -2.43. The molecule has 1 aliphatic heterocycles. The normalized spacial score (nSPS) is 16.3. The zero-order valence-corrected chi connectivity index (χ0v) is 16.3. The van der Waals surface area contributed by atoms with Crippen molar-refractivity contribution in [3.05, 3.63) is 48.0 Å². The zero-order valence-electron chi connectivity index (χ0n) is 16.3. The maximum atomic E-state index is 12.4. The molecule has 1 fully saturated rings.